The average molecular weight is 494 g/mol. The highest BCUT2D eigenvalue weighted by Gasteiger charge is 2.30. The second-order valence-corrected chi connectivity index (χ2v) is 10.1. The van der Waals surface area contributed by atoms with E-state index in [-0.39, 0.29) is 30.3 Å². The number of likely N-dealkylation sites (N-methyl/N-ethyl adjacent to an activating group) is 1. The molecule has 5 nitrogen and oxygen atoms in total. The molecular formula is C27H38F3N3O2. The van der Waals surface area contributed by atoms with Crippen molar-refractivity contribution in [2.24, 2.45) is 5.41 Å². The van der Waals surface area contributed by atoms with Gasteiger partial charge < -0.3 is 14.4 Å². The molecule has 0 spiro atoms. The number of benzene rings is 1. The number of carbonyl (C=O) groups excluding carboxylic acids is 2. The summed E-state index contributed by atoms with van der Waals surface area (Å²) in [5, 5.41) is 0. The fourth-order valence-corrected chi connectivity index (χ4v) is 3.83. The monoisotopic (exact) mass is 493 g/mol. The fourth-order valence-electron chi connectivity index (χ4n) is 3.83. The molecule has 1 aromatic carbocycles. The van der Waals surface area contributed by atoms with E-state index in [1.165, 1.54) is 6.07 Å². The molecule has 0 atom stereocenters. The van der Waals surface area contributed by atoms with E-state index in [1.807, 2.05) is 57.5 Å². The molecule has 0 aliphatic heterocycles. The minimum absolute atomic E-state index is 0.0173. The Hall–Kier alpha value is -2.77. The number of nitrogens with zero attached hydrogens (tertiary/aromatic N) is 3. The standard InChI is InChI=1S/C27H38F3N3O2/c1-6-8-14-33(25(35)20-31(7-2)24(34)17-26(3,4)5)19-23-13-10-15-32(23)18-21-11-9-12-22(16-21)27(28,29)30/h9-13,15-16H,6-8,14,17-20H2,1-5H3. The maximum absolute atomic E-state index is 13.2. The van der Waals surface area contributed by atoms with E-state index >= 15 is 0 Å². The summed E-state index contributed by atoms with van der Waals surface area (Å²) in [7, 11) is 0. The minimum atomic E-state index is -4.39. The smallest absolute Gasteiger partial charge is 0.345 e. The van der Waals surface area contributed by atoms with Gasteiger partial charge in [-0.3, -0.25) is 9.59 Å². The van der Waals surface area contributed by atoms with Crippen LogP contribution in [-0.4, -0.2) is 45.8 Å². The van der Waals surface area contributed by atoms with Crippen molar-refractivity contribution in [2.45, 2.75) is 73.1 Å². The molecule has 0 saturated heterocycles. The summed E-state index contributed by atoms with van der Waals surface area (Å²) in [6.07, 6.45) is -0.488. The highest BCUT2D eigenvalue weighted by Crippen LogP contribution is 2.29. The van der Waals surface area contributed by atoms with Crippen molar-refractivity contribution >= 4 is 11.8 Å². The SMILES string of the molecule is CCCCN(Cc1cccn1Cc1cccc(C(F)(F)F)c1)C(=O)CN(CC)C(=O)CC(C)(C)C. The maximum atomic E-state index is 13.2. The zero-order valence-electron chi connectivity index (χ0n) is 21.5. The predicted octanol–water partition coefficient (Wildman–Crippen LogP) is 5.97. The van der Waals surface area contributed by atoms with E-state index < -0.39 is 11.7 Å². The van der Waals surface area contributed by atoms with Crippen molar-refractivity contribution in [1.82, 2.24) is 14.4 Å². The molecule has 0 aliphatic rings. The van der Waals surface area contributed by atoms with Gasteiger partial charge in [0.1, 0.15) is 0 Å². The van der Waals surface area contributed by atoms with Gasteiger partial charge in [0.25, 0.3) is 0 Å². The minimum Gasteiger partial charge on any atom is -0.345 e. The third kappa shape index (κ3) is 9.07. The first-order valence-corrected chi connectivity index (χ1v) is 12.2. The predicted molar refractivity (Wildman–Crippen MR) is 132 cm³/mol. The van der Waals surface area contributed by atoms with Crippen molar-refractivity contribution in [1.29, 1.82) is 0 Å². The van der Waals surface area contributed by atoms with Crippen LogP contribution in [0.3, 0.4) is 0 Å². The molecule has 2 amide bonds. The van der Waals surface area contributed by atoms with Gasteiger partial charge in [-0.1, -0.05) is 46.2 Å². The largest absolute Gasteiger partial charge is 0.416 e. The molecule has 0 aliphatic carbocycles. The van der Waals surface area contributed by atoms with Gasteiger partial charge in [-0.2, -0.15) is 13.2 Å². The van der Waals surface area contributed by atoms with E-state index in [9.17, 15) is 22.8 Å². The molecule has 35 heavy (non-hydrogen) atoms. The zero-order chi connectivity index (χ0) is 26.2. The second-order valence-electron chi connectivity index (χ2n) is 10.1. The summed E-state index contributed by atoms with van der Waals surface area (Å²) < 4.78 is 41.2. The van der Waals surface area contributed by atoms with Crippen LogP contribution in [0.4, 0.5) is 13.2 Å². The number of unbranched alkanes of at least 4 members (excludes halogenated alkanes) is 1. The molecule has 8 heteroatoms. The van der Waals surface area contributed by atoms with Gasteiger partial charge in [-0.05, 0) is 48.6 Å². The van der Waals surface area contributed by atoms with Crippen molar-refractivity contribution < 1.29 is 22.8 Å². The van der Waals surface area contributed by atoms with E-state index in [2.05, 4.69) is 0 Å². The van der Waals surface area contributed by atoms with Crippen LogP contribution in [0, 0.1) is 5.41 Å². The number of amides is 2. The van der Waals surface area contributed by atoms with Crippen LogP contribution in [0.5, 0.6) is 0 Å². The Morgan fingerprint density at radius 1 is 0.971 bits per heavy atom. The number of rotatable bonds is 11. The Labute approximate surface area is 206 Å². The molecule has 1 aromatic heterocycles. The van der Waals surface area contributed by atoms with E-state index in [0.29, 0.717) is 31.6 Å². The van der Waals surface area contributed by atoms with Crippen molar-refractivity contribution in [2.75, 3.05) is 19.6 Å². The summed E-state index contributed by atoms with van der Waals surface area (Å²) in [5.74, 6) is -0.175. The quantitative estimate of drug-likeness (QED) is 0.387. The number of halogens is 3. The first kappa shape index (κ1) is 28.5. The molecule has 2 aromatic rings. The Morgan fingerprint density at radius 2 is 1.69 bits per heavy atom. The van der Waals surface area contributed by atoms with Crippen LogP contribution in [-0.2, 0) is 28.9 Å². The topological polar surface area (TPSA) is 45.6 Å². The Bertz CT molecular complexity index is 977. The van der Waals surface area contributed by atoms with Crippen LogP contribution in [0.2, 0.25) is 0 Å². The van der Waals surface area contributed by atoms with Gasteiger partial charge in [0.15, 0.2) is 0 Å². The molecule has 0 bridgehead atoms. The molecule has 1 heterocycles. The van der Waals surface area contributed by atoms with Crippen LogP contribution >= 0.6 is 0 Å². The molecule has 0 fully saturated rings. The molecule has 194 valence electrons. The third-order valence-corrected chi connectivity index (χ3v) is 5.76. The number of alkyl halides is 3. The molecule has 0 unspecified atom stereocenters. The number of aromatic nitrogens is 1. The molecule has 2 rings (SSSR count). The van der Waals surface area contributed by atoms with E-state index in [0.717, 1.165) is 30.7 Å². The highest BCUT2D eigenvalue weighted by molar-refractivity contribution is 5.85. The molecular weight excluding hydrogens is 455 g/mol. The van der Waals surface area contributed by atoms with Gasteiger partial charge in [-0.25, -0.2) is 0 Å². The Kier molecular flexibility index (Phi) is 9.98. The lowest BCUT2D eigenvalue weighted by Crippen LogP contribution is -2.44. The maximum Gasteiger partial charge on any atom is 0.416 e. The summed E-state index contributed by atoms with van der Waals surface area (Å²) in [6.45, 7) is 11.5. The summed E-state index contributed by atoms with van der Waals surface area (Å²) >= 11 is 0. The number of hydrogen-bond donors (Lipinski definition) is 0. The van der Waals surface area contributed by atoms with Crippen LogP contribution in [0.15, 0.2) is 42.6 Å². The van der Waals surface area contributed by atoms with Gasteiger partial charge in [0, 0.05) is 37.9 Å². The van der Waals surface area contributed by atoms with Crippen LogP contribution < -0.4 is 0 Å². The average Bonchev–Trinajstić information content (AvgIpc) is 3.19. The number of hydrogen-bond acceptors (Lipinski definition) is 2. The van der Waals surface area contributed by atoms with Crippen molar-refractivity contribution in [3.8, 4) is 0 Å². The van der Waals surface area contributed by atoms with Crippen molar-refractivity contribution in [3.63, 3.8) is 0 Å². The Morgan fingerprint density at radius 3 is 2.29 bits per heavy atom. The molecule has 0 saturated carbocycles. The lowest BCUT2D eigenvalue weighted by molar-refractivity contribution is -0.141. The first-order chi connectivity index (χ1) is 16.3. The fraction of sp³-hybridized carbons (Fsp3) is 0.556. The Balaban J connectivity index is 2.17. The second kappa shape index (κ2) is 12.3. The molecule has 0 N–H and O–H groups in total. The van der Waals surface area contributed by atoms with Crippen LogP contribution in [0.1, 0.15) is 70.7 Å². The van der Waals surface area contributed by atoms with E-state index in [4.69, 9.17) is 0 Å². The normalized spacial score (nSPS) is 12.0. The van der Waals surface area contributed by atoms with Gasteiger partial charge in [-0.15, -0.1) is 0 Å². The third-order valence-electron chi connectivity index (χ3n) is 5.76. The van der Waals surface area contributed by atoms with Crippen molar-refractivity contribution in [3.05, 3.63) is 59.4 Å². The van der Waals surface area contributed by atoms with Gasteiger partial charge >= 0.3 is 6.18 Å². The van der Waals surface area contributed by atoms with E-state index in [1.54, 1.807) is 15.9 Å². The lowest BCUT2D eigenvalue weighted by Gasteiger charge is -2.29. The van der Waals surface area contributed by atoms with Gasteiger partial charge in [0.05, 0.1) is 18.7 Å². The number of carbonyl (C=O) groups is 2. The summed E-state index contributed by atoms with van der Waals surface area (Å²) in [5.41, 5.74) is 0.521. The first-order valence-electron chi connectivity index (χ1n) is 12.2. The van der Waals surface area contributed by atoms with Crippen LogP contribution in [0.25, 0.3) is 0 Å². The molecule has 0 radical (unpaired) electrons. The summed E-state index contributed by atoms with van der Waals surface area (Å²) in [6, 6.07) is 9.00. The summed E-state index contributed by atoms with van der Waals surface area (Å²) in [4.78, 5) is 29.3. The van der Waals surface area contributed by atoms with Gasteiger partial charge in [0.2, 0.25) is 11.8 Å². The zero-order valence-corrected chi connectivity index (χ0v) is 21.5. The lowest BCUT2D eigenvalue weighted by atomic mass is 9.91. The highest BCUT2D eigenvalue weighted by atomic mass is 19.4.